The van der Waals surface area contributed by atoms with Gasteiger partial charge >= 0.3 is 6.03 Å². The molecule has 3 amide bonds. The van der Waals surface area contributed by atoms with Crippen molar-refractivity contribution in [2.45, 2.75) is 37.0 Å². The highest BCUT2D eigenvalue weighted by molar-refractivity contribution is 8.00. The highest BCUT2D eigenvalue weighted by Gasteiger charge is 2.18. The molecule has 6 heteroatoms. The first-order chi connectivity index (χ1) is 10.5. The lowest BCUT2D eigenvalue weighted by molar-refractivity contribution is -0.119. The summed E-state index contributed by atoms with van der Waals surface area (Å²) in [5.41, 5.74) is 0.887. The zero-order valence-corrected chi connectivity index (χ0v) is 13.6. The number of pyridine rings is 1. The SMILES string of the molecule is CC(C)NC(=O)NC(=O)C(C)Sc1ccnc2ccccc12. The average Bonchev–Trinajstić information content (AvgIpc) is 2.46. The summed E-state index contributed by atoms with van der Waals surface area (Å²) in [5.74, 6) is -0.316. The van der Waals surface area contributed by atoms with Gasteiger partial charge in [0.05, 0.1) is 10.8 Å². The maximum atomic E-state index is 12.1. The fraction of sp³-hybridized carbons (Fsp3) is 0.312. The van der Waals surface area contributed by atoms with Gasteiger partial charge in [-0.15, -0.1) is 11.8 Å². The van der Waals surface area contributed by atoms with Gasteiger partial charge in [0.15, 0.2) is 0 Å². The fourth-order valence-electron chi connectivity index (χ4n) is 1.93. The van der Waals surface area contributed by atoms with Crippen molar-refractivity contribution in [2.24, 2.45) is 0 Å². The minimum atomic E-state index is -0.466. The van der Waals surface area contributed by atoms with Crippen molar-refractivity contribution < 1.29 is 9.59 Å². The Balaban J connectivity index is 2.06. The number of carbonyl (C=O) groups excluding carboxylic acids is 2. The molecule has 1 atom stereocenters. The van der Waals surface area contributed by atoms with Crippen LogP contribution in [0.15, 0.2) is 41.4 Å². The van der Waals surface area contributed by atoms with Crippen LogP contribution in [0.2, 0.25) is 0 Å². The molecule has 116 valence electrons. The lowest BCUT2D eigenvalue weighted by Crippen LogP contribution is -2.45. The summed E-state index contributed by atoms with van der Waals surface area (Å²) in [6, 6.07) is 9.17. The van der Waals surface area contributed by atoms with Gasteiger partial charge in [0.2, 0.25) is 5.91 Å². The van der Waals surface area contributed by atoms with Crippen molar-refractivity contribution in [3.8, 4) is 0 Å². The highest BCUT2D eigenvalue weighted by atomic mass is 32.2. The van der Waals surface area contributed by atoms with Crippen molar-refractivity contribution in [1.82, 2.24) is 15.6 Å². The van der Waals surface area contributed by atoms with Crippen molar-refractivity contribution in [3.05, 3.63) is 36.5 Å². The normalized spacial score (nSPS) is 12.2. The Kier molecular flexibility index (Phi) is 5.38. The Bertz CT molecular complexity index is 683. The number of amides is 3. The monoisotopic (exact) mass is 317 g/mol. The number of carbonyl (C=O) groups is 2. The lowest BCUT2D eigenvalue weighted by Gasteiger charge is -2.14. The van der Waals surface area contributed by atoms with E-state index in [1.807, 2.05) is 44.2 Å². The van der Waals surface area contributed by atoms with Gasteiger partial charge in [-0.1, -0.05) is 18.2 Å². The van der Waals surface area contributed by atoms with Crippen LogP contribution in [-0.4, -0.2) is 28.2 Å². The molecule has 0 bridgehead atoms. The van der Waals surface area contributed by atoms with E-state index in [2.05, 4.69) is 15.6 Å². The third-order valence-electron chi connectivity index (χ3n) is 2.94. The van der Waals surface area contributed by atoms with E-state index in [1.54, 1.807) is 13.1 Å². The Labute approximate surface area is 133 Å². The molecule has 1 aromatic heterocycles. The summed E-state index contributed by atoms with van der Waals surface area (Å²) in [5, 5.41) is 5.60. The van der Waals surface area contributed by atoms with Crippen LogP contribution in [0.4, 0.5) is 4.79 Å². The Morgan fingerprint density at radius 1 is 1.14 bits per heavy atom. The van der Waals surface area contributed by atoms with Crippen LogP contribution in [0.3, 0.4) is 0 Å². The molecular weight excluding hydrogens is 298 g/mol. The number of benzene rings is 1. The fourth-order valence-corrected chi connectivity index (χ4v) is 2.91. The van der Waals surface area contributed by atoms with Crippen LogP contribution in [0.25, 0.3) is 10.9 Å². The number of rotatable bonds is 4. The second kappa shape index (κ2) is 7.26. The van der Waals surface area contributed by atoms with Crippen LogP contribution >= 0.6 is 11.8 Å². The van der Waals surface area contributed by atoms with E-state index >= 15 is 0 Å². The minimum absolute atomic E-state index is 0.0140. The number of hydrogen-bond acceptors (Lipinski definition) is 4. The zero-order valence-electron chi connectivity index (χ0n) is 12.8. The van der Waals surface area contributed by atoms with Gasteiger partial charge < -0.3 is 5.32 Å². The summed E-state index contributed by atoms with van der Waals surface area (Å²) >= 11 is 1.41. The third kappa shape index (κ3) is 4.21. The topological polar surface area (TPSA) is 71.1 Å². The number of hydrogen-bond donors (Lipinski definition) is 2. The van der Waals surface area contributed by atoms with Gasteiger partial charge in [-0.3, -0.25) is 15.1 Å². The number of urea groups is 1. The molecule has 2 N–H and O–H groups in total. The first-order valence-electron chi connectivity index (χ1n) is 7.09. The first-order valence-corrected chi connectivity index (χ1v) is 7.97. The predicted molar refractivity (Wildman–Crippen MR) is 88.9 cm³/mol. The van der Waals surface area contributed by atoms with Gasteiger partial charge in [0, 0.05) is 22.5 Å². The molecule has 0 aliphatic carbocycles. The summed E-state index contributed by atoms with van der Waals surface area (Å²) in [6.45, 7) is 5.45. The molecule has 2 rings (SSSR count). The molecule has 0 saturated heterocycles. The zero-order chi connectivity index (χ0) is 16.1. The number of aromatic nitrogens is 1. The van der Waals surface area contributed by atoms with Crippen molar-refractivity contribution in [3.63, 3.8) is 0 Å². The molecule has 0 radical (unpaired) electrons. The molecule has 22 heavy (non-hydrogen) atoms. The van der Waals surface area contributed by atoms with Crippen LogP contribution < -0.4 is 10.6 Å². The van der Waals surface area contributed by atoms with Crippen molar-refractivity contribution in [1.29, 1.82) is 0 Å². The van der Waals surface area contributed by atoms with Crippen LogP contribution in [-0.2, 0) is 4.79 Å². The van der Waals surface area contributed by atoms with Crippen molar-refractivity contribution >= 4 is 34.6 Å². The van der Waals surface area contributed by atoms with E-state index in [-0.39, 0.29) is 17.2 Å². The molecule has 2 aromatic rings. The second-order valence-electron chi connectivity index (χ2n) is 5.20. The number of nitrogens with zero attached hydrogens (tertiary/aromatic N) is 1. The van der Waals surface area contributed by atoms with Gasteiger partial charge in [-0.25, -0.2) is 4.79 Å². The predicted octanol–water partition coefficient (Wildman–Crippen LogP) is 2.95. The maximum Gasteiger partial charge on any atom is 0.321 e. The second-order valence-corrected chi connectivity index (χ2v) is 6.59. The Morgan fingerprint density at radius 3 is 2.59 bits per heavy atom. The molecule has 1 heterocycles. The molecule has 0 aliphatic heterocycles. The minimum Gasteiger partial charge on any atom is -0.336 e. The third-order valence-corrected chi connectivity index (χ3v) is 4.12. The van der Waals surface area contributed by atoms with Crippen LogP contribution in [0.5, 0.6) is 0 Å². The summed E-state index contributed by atoms with van der Waals surface area (Å²) in [6.07, 6.45) is 1.72. The van der Waals surface area contributed by atoms with E-state index < -0.39 is 6.03 Å². The van der Waals surface area contributed by atoms with Gasteiger partial charge in [0.1, 0.15) is 0 Å². The molecule has 0 fully saturated rings. The quantitative estimate of drug-likeness (QED) is 0.851. The number of nitrogens with one attached hydrogen (secondary N) is 2. The van der Waals surface area contributed by atoms with Crippen LogP contribution in [0, 0.1) is 0 Å². The molecular formula is C16H19N3O2S. The van der Waals surface area contributed by atoms with E-state index in [9.17, 15) is 9.59 Å². The molecule has 0 saturated carbocycles. The standard InChI is InChI=1S/C16H19N3O2S/c1-10(2)18-16(21)19-15(20)11(3)22-14-8-9-17-13-7-5-4-6-12(13)14/h4-11H,1-3H3,(H2,18,19,20,21). The molecule has 0 spiro atoms. The number of para-hydroxylation sites is 1. The van der Waals surface area contributed by atoms with Gasteiger partial charge in [-0.2, -0.15) is 0 Å². The van der Waals surface area contributed by atoms with Crippen molar-refractivity contribution in [2.75, 3.05) is 0 Å². The molecule has 1 aromatic carbocycles. The molecule has 1 unspecified atom stereocenters. The highest BCUT2D eigenvalue weighted by Crippen LogP contribution is 2.29. The summed E-state index contributed by atoms with van der Waals surface area (Å²) in [7, 11) is 0. The summed E-state index contributed by atoms with van der Waals surface area (Å²) < 4.78 is 0. The lowest BCUT2D eigenvalue weighted by atomic mass is 10.2. The van der Waals surface area contributed by atoms with E-state index in [1.165, 1.54) is 11.8 Å². The van der Waals surface area contributed by atoms with Gasteiger partial charge in [-0.05, 0) is 32.9 Å². The number of fused-ring (bicyclic) bond motifs is 1. The largest absolute Gasteiger partial charge is 0.336 e. The Hall–Kier alpha value is -2.08. The average molecular weight is 317 g/mol. The van der Waals surface area contributed by atoms with E-state index in [4.69, 9.17) is 0 Å². The van der Waals surface area contributed by atoms with E-state index in [0.29, 0.717) is 0 Å². The number of imide groups is 1. The molecule has 5 nitrogen and oxygen atoms in total. The molecule has 0 aliphatic rings. The number of thioether (sulfide) groups is 1. The Morgan fingerprint density at radius 2 is 1.86 bits per heavy atom. The van der Waals surface area contributed by atoms with Crippen LogP contribution in [0.1, 0.15) is 20.8 Å². The maximum absolute atomic E-state index is 12.1. The smallest absolute Gasteiger partial charge is 0.321 e. The first kappa shape index (κ1) is 16.3. The summed E-state index contributed by atoms with van der Waals surface area (Å²) in [4.78, 5) is 28.9. The van der Waals surface area contributed by atoms with Gasteiger partial charge in [0.25, 0.3) is 0 Å². The van der Waals surface area contributed by atoms with E-state index in [0.717, 1.165) is 15.8 Å².